The molecule has 0 spiro atoms. The molecule has 2 unspecified atom stereocenters. The number of nitrogens with zero attached hydrogens (tertiary/aromatic N) is 1. The average molecular weight is 206 g/mol. The fourth-order valence-corrected chi connectivity index (χ4v) is 2.10. The van der Waals surface area contributed by atoms with Crippen LogP contribution in [0.1, 0.15) is 36.4 Å². The first-order chi connectivity index (χ1) is 7.27. The summed E-state index contributed by atoms with van der Waals surface area (Å²) in [6.07, 6.45) is 7.25. The van der Waals surface area contributed by atoms with Gasteiger partial charge in [0, 0.05) is 25.0 Å². The predicted octanol–water partition coefficient (Wildman–Crippen LogP) is 1.96. The normalized spacial score (nSPS) is 22.9. The van der Waals surface area contributed by atoms with E-state index in [1.165, 1.54) is 12.0 Å². The van der Waals surface area contributed by atoms with Gasteiger partial charge in [-0.3, -0.25) is 4.98 Å². The first-order valence-electron chi connectivity index (χ1n) is 5.55. The van der Waals surface area contributed by atoms with Crippen LogP contribution in [0.15, 0.2) is 18.5 Å². The summed E-state index contributed by atoms with van der Waals surface area (Å²) in [5, 5.41) is 0. The summed E-state index contributed by atoms with van der Waals surface area (Å²) in [7, 11) is 0. The standard InChI is InChI=1S/C12H18N2O/c1-9-4-5-14-8-11(9)12(13)7-10-3-2-6-15-10/h4-5,8,10,12H,2-3,6-7,13H2,1H3. The smallest absolute Gasteiger partial charge is 0.0594 e. The molecule has 2 rings (SSSR count). The van der Waals surface area contributed by atoms with Crippen LogP contribution in [0, 0.1) is 6.92 Å². The van der Waals surface area contributed by atoms with Gasteiger partial charge in [0.15, 0.2) is 0 Å². The molecule has 1 fully saturated rings. The van der Waals surface area contributed by atoms with Crippen LogP contribution in [0.4, 0.5) is 0 Å². The van der Waals surface area contributed by atoms with E-state index in [0.717, 1.165) is 25.0 Å². The Morgan fingerprint density at radius 1 is 1.67 bits per heavy atom. The highest BCUT2D eigenvalue weighted by atomic mass is 16.5. The van der Waals surface area contributed by atoms with Crippen LogP contribution in [0.2, 0.25) is 0 Å². The second-order valence-corrected chi connectivity index (χ2v) is 4.21. The van der Waals surface area contributed by atoms with E-state index in [2.05, 4.69) is 11.9 Å². The molecule has 0 saturated carbocycles. The molecule has 1 aliphatic rings. The molecule has 3 nitrogen and oxygen atoms in total. The van der Waals surface area contributed by atoms with Crippen LogP contribution in [-0.4, -0.2) is 17.7 Å². The minimum absolute atomic E-state index is 0.0572. The number of aryl methyl sites for hydroxylation is 1. The minimum atomic E-state index is 0.0572. The monoisotopic (exact) mass is 206 g/mol. The van der Waals surface area contributed by atoms with Gasteiger partial charge in [0.05, 0.1) is 6.10 Å². The van der Waals surface area contributed by atoms with Crippen molar-refractivity contribution in [2.24, 2.45) is 5.73 Å². The van der Waals surface area contributed by atoms with Gasteiger partial charge in [-0.2, -0.15) is 0 Å². The zero-order chi connectivity index (χ0) is 10.7. The number of ether oxygens (including phenoxy) is 1. The molecule has 2 N–H and O–H groups in total. The van der Waals surface area contributed by atoms with E-state index in [0.29, 0.717) is 6.10 Å². The second kappa shape index (κ2) is 4.73. The van der Waals surface area contributed by atoms with Crippen LogP contribution in [0.25, 0.3) is 0 Å². The molecule has 0 amide bonds. The van der Waals surface area contributed by atoms with Crippen molar-refractivity contribution in [3.8, 4) is 0 Å². The fourth-order valence-electron chi connectivity index (χ4n) is 2.10. The van der Waals surface area contributed by atoms with E-state index in [9.17, 15) is 0 Å². The molecule has 0 aliphatic carbocycles. The summed E-state index contributed by atoms with van der Waals surface area (Å²) < 4.78 is 5.58. The Labute approximate surface area is 90.7 Å². The van der Waals surface area contributed by atoms with E-state index >= 15 is 0 Å². The van der Waals surface area contributed by atoms with Crippen molar-refractivity contribution in [1.82, 2.24) is 4.98 Å². The maximum absolute atomic E-state index is 6.16. The summed E-state index contributed by atoms with van der Waals surface area (Å²) >= 11 is 0. The van der Waals surface area contributed by atoms with Crippen LogP contribution in [0.3, 0.4) is 0 Å². The van der Waals surface area contributed by atoms with E-state index in [4.69, 9.17) is 10.5 Å². The van der Waals surface area contributed by atoms with E-state index < -0.39 is 0 Å². The van der Waals surface area contributed by atoms with Gasteiger partial charge in [-0.15, -0.1) is 0 Å². The second-order valence-electron chi connectivity index (χ2n) is 4.21. The van der Waals surface area contributed by atoms with Crippen molar-refractivity contribution in [2.75, 3.05) is 6.61 Å². The molecule has 0 bridgehead atoms. The Hall–Kier alpha value is -0.930. The third-order valence-electron chi connectivity index (χ3n) is 3.02. The topological polar surface area (TPSA) is 48.1 Å². The van der Waals surface area contributed by atoms with Crippen molar-refractivity contribution < 1.29 is 4.74 Å². The zero-order valence-corrected chi connectivity index (χ0v) is 9.15. The SMILES string of the molecule is Cc1ccncc1C(N)CC1CCCO1. The molecule has 82 valence electrons. The van der Waals surface area contributed by atoms with Gasteiger partial charge in [0.25, 0.3) is 0 Å². The number of pyridine rings is 1. The average Bonchev–Trinajstić information content (AvgIpc) is 2.71. The highest BCUT2D eigenvalue weighted by molar-refractivity contribution is 5.24. The summed E-state index contributed by atoms with van der Waals surface area (Å²) in [6.45, 7) is 2.97. The molecule has 15 heavy (non-hydrogen) atoms. The van der Waals surface area contributed by atoms with Gasteiger partial charge in [-0.25, -0.2) is 0 Å². The Bertz CT molecular complexity index is 321. The molecule has 1 aliphatic heterocycles. The third kappa shape index (κ3) is 2.55. The van der Waals surface area contributed by atoms with Gasteiger partial charge < -0.3 is 10.5 Å². The Morgan fingerprint density at radius 3 is 3.20 bits per heavy atom. The van der Waals surface area contributed by atoms with Crippen molar-refractivity contribution >= 4 is 0 Å². The first kappa shape index (κ1) is 10.6. The number of aromatic nitrogens is 1. The van der Waals surface area contributed by atoms with Crippen molar-refractivity contribution in [3.63, 3.8) is 0 Å². The van der Waals surface area contributed by atoms with Crippen LogP contribution in [0.5, 0.6) is 0 Å². The fraction of sp³-hybridized carbons (Fsp3) is 0.583. The lowest BCUT2D eigenvalue weighted by atomic mass is 9.98. The molecule has 1 saturated heterocycles. The number of hydrogen-bond donors (Lipinski definition) is 1. The Morgan fingerprint density at radius 2 is 2.53 bits per heavy atom. The lowest BCUT2D eigenvalue weighted by Crippen LogP contribution is -2.19. The number of nitrogens with two attached hydrogens (primary N) is 1. The molecule has 0 radical (unpaired) electrons. The summed E-state index contributed by atoms with van der Waals surface area (Å²) in [5.41, 5.74) is 8.52. The number of rotatable bonds is 3. The van der Waals surface area contributed by atoms with Gasteiger partial charge in [0.1, 0.15) is 0 Å². The number of hydrogen-bond acceptors (Lipinski definition) is 3. The van der Waals surface area contributed by atoms with Crippen molar-refractivity contribution in [2.45, 2.75) is 38.3 Å². The van der Waals surface area contributed by atoms with Crippen LogP contribution < -0.4 is 5.73 Å². The van der Waals surface area contributed by atoms with E-state index in [1.807, 2.05) is 12.3 Å². The van der Waals surface area contributed by atoms with E-state index in [-0.39, 0.29) is 6.04 Å². The molecular formula is C12H18N2O. The van der Waals surface area contributed by atoms with Gasteiger partial charge in [-0.1, -0.05) is 0 Å². The summed E-state index contributed by atoms with van der Waals surface area (Å²) in [6, 6.07) is 2.06. The van der Waals surface area contributed by atoms with Crippen LogP contribution >= 0.6 is 0 Å². The lowest BCUT2D eigenvalue weighted by molar-refractivity contribution is 0.0982. The van der Waals surface area contributed by atoms with Gasteiger partial charge in [0.2, 0.25) is 0 Å². The highest BCUT2D eigenvalue weighted by Gasteiger charge is 2.20. The summed E-state index contributed by atoms with van der Waals surface area (Å²) in [5.74, 6) is 0. The molecule has 1 aromatic rings. The molecule has 2 heterocycles. The maximum Gasteiger partial charge on any atom is 0.0594 e. The van der Waals surface area contributed by atoms with Crippen molar-refractivity contribution in [3.05, 3.63) is 29.6 Å². The van der Waals surface area contributed by atoms with E-state index in [1.54, 1.807) is 6.20 Å². The molecular weight excluding hydrogens is 188 g/mol. The Balaban J connectivity index is 2.00. The van der Waals surface area contributed by atoms with Gasteiger partial charge in [-0.05, 0) is 43.4 Å². The molecule has 3 heteroatoms. The Kier molecular flexibility index (Phi) is 3.34. The molecule has 1 aromatic heterocycles. The quantitative estimate of drug-likeness (QED) is 0.822. The largest absolute Gasteiger partial charge is 0.378 e. The summed E-state index contributed by atoms with van der Waals surface area (Å²) in [4.78, 5) is 4.12. The lowest BCUT2D eigenvalue weighted by Gasteiger charge is -2.17. The maximum atomic E-state index is 6.16. The minimum Gasteiger partial charge on any atom is -0.378 e. The van der Waals surface area contributed by atoms with Crippen molar-refractivity contribution in [1.29, 1.82) is 0 Å². The molecule has 0 aromatic carbocycles. The first-order valence-corrected chi connectivity index (χ1v) is 5.55. The molecule has 2 atom stereocenters. The third-order valence-corrected chi connectivity index (χ3v) is 3.02. The highest BCUT2D eigenvalue weighted by Crippen LogP contribution is 2.24. The van der Waals surface area contributed by atoms with Crippen LogP contribution in [-0.2, 0) is 4.74 Å². The van der Waals surface area contributed by atoms with Gasteiger partial charge >= 0.3 is 0 Å². The predicted molar refractivity (Wildman–Crippen MR) is 59.5 cm³/mol. The zero-order valence-electron chi connectivity index (χ0n) is 9.15.